The lowest BCUT2D eigenvalue weighted by Gasteiger charge is -2.60. The van der Waals surface area contributed by atoms with Crippen LogP contribution in [0.1, 0.15) is 72.1 Å². The quantitative estimate of drug-likeness (QED) is 0.468. The van der Waals surface area contributed by atoms with Crippen LogP contribution in [0.25, 0.3) is 0 Å². The van der Waals surface area contributed by atoms with Crippen LogP contribution in [0.2, 0.25) is 0 Å². The van der Waals surface area contributed by atoms with Crippen molar-refractivity contribution in [1.82, 2.24) is 0 Å². The molecule has 0 bridgehead atoms. The van der Waals surface area contributed by atoms with E-state index in [0.29, 0.717) is 16.7 Å². The van der Waals surface area contributed by atoms with Gasteiger partial charge in [-0.05, 0) is 92.8 Å². The SMILES string of the molecule is CC1=CC[C@H]2[C@@H]3CC[C@H]4CC(C=O)CC[C@]4(C)[C@H]3CC[C@]12C. The molecule has 0 spiro atoms. The molecule has 3 saturated carbocycles. The summed E-state index contributed by atoms with van der Waals surface area (Å²) in [7, 11) is 0. The summed E-state index contributed by atoms with van der Waals surface area (Å²) in [5.41, 5.74) is 2.71. The van der Waals surface area contributed by atoms with E-state index < -0.39 is 0 Å². The lowest BCUT2D eigenvalue weighted by Crippen LogP contribution is -2.53. The maximum absolute atomic E-state index is 11.2. The second-order valence-electron chi connectivity index (χ2n) is 9.41. The highest BCUT2D eigenvalue weighted by atomic mass is 16.1. The van der Waals surface area contributed by atoms with E-state index in [2.05, 4.69) is 26.8 Å². The molecule has 0 aromatic heterocycles. The van der Waals surface area contributed by atoms with Crippen LogP contribution in [0.15, 0.2) is 11.6 Å². The van der Waals surface area contributed by atoms with E-state index in [9.17, 15) is 4.79 Å². The van der Waals surface area contributed by atoms with E-state index in [4.69, 9.17) is 0 Å². The number of aldehydes is 1. The van der Waals surface area contributed by atoms with Crippen molar-refractivity contribution >= 4 is 6.29 Å². The highest BCUT2D eigenvalue weighted by Crippen LogP contribution is 2.66. The van der Waals surface area contributed by atoms with Crippen molar-refractivity contribution in [1.29, 1.82) is 0 Å². The summed E-state index contributed by atoms with van der Waals surface area (Å²) in [6.45, 7) is 7.51. The van der Waals surface area contributed by atoms with Gasteiger partial charge in [-0.3, -0.25) is 0 Å². The first kappa shape index (κ1) is 15.0. The van der Waals surface area contributed by atoms with Crippen molar-refractivity contribution in [3.05, 3.63) is 11.6 Å². The van der Waals surface area contributed by atoms with Gasteiger partial charge in [-0.2, -0.15) is 0 Å². The Morgan fingerprint density at radius 1 is 1.09 bits per heavy atom. The molecule has 0 N–H and O–H groups in total. The zero-order chi connectivity index (χ0) is 15.5. The van der Waals surface area contributed by atoms with Crippen LogP contribution >= 0.6 is 0 Å². The summed E-state index contributed by atoms with van der Waals surface area (Å²) in [6, 6.07) is 0. The van der Waals surface area contributed by atoms with E-state index >= 15 is 0 Å². The third-order valence-corrected chi connectivity index (χ3v) is 8.87. The number of carbonyl (C=O) groups excluding carboxylic acids is 1. The molecule has 0 amide bonds. The average molecular weight is 300 g/mol. The van der Waals surface area contributed by atoms with E-state index in [1.54, 1.807) is 5.57 Å². The van der Waals surface area contributed by atoms with Crippen LogP contribution < -0.4 is 0 Å². The van der Waals surface area contributed by atoms with E-state index in [1.807, 2.05) is 0 Å². The van der Waals surface area contributed by atoms with Gasteiger partial charge in [0.2, 0.25) is 0 Å². The first-order valence-corrected chi connectivity index (χ1v) is 9.61. The van der Waals surface area contributed by atoms with E-state index in [1.165, 1.54) is 51.2 Å². The third-order valence-electron chi connectivity index (χ3n) is 8.87. The highest BCUT2D eigenvalue weighted by molar-refractivity contribution is 5.53. The minimum Gasteiger partial charge on any atom is -0.303 e. The lowest BCUT2D eigenvalue weighted by molar-refractivity contribution is -0.124. The molecule has 1 heteroatoms. The van der Waals surface area contributed by atoms with Crippen LogP contribution in [0, 0.1) is 40.4 Å². The number of hydrogen-bond acceptors (Lipinski definition) is 1. The molecule has 1 nitrogen and oxygen atoms in total. The van der Waals surface area contributed by atoms with Gasteiger partial charge in [0, 0.05) is 5.92 Å². The zero-order valence-corrected chi connectivity index (χ0v) is 14.6. The molecule has 22 heavy (non-hydrogen) atoms. The molecule has 122 valence electrons. The Balaban J connectivity index is 1.61. The maximum Gasteiger partial charge on any atom is 0.123 e. The maximum atomic E-state index is 11.2. The van der Waals surface area contributed by atoms with Crippen molar-refractivity contribution in [2.75, 3.05) is 0 Å². The summed E-state index contributed by atoms with van der Waals surface area (Å²) in [4.78, 5) is 11.2. The van der Waals surface area contributed by atoms with Crippen LogP contribution in [0.3, 0.4) is 0 Å². The summed E-state index contributed by atoms with van der Waals surface area (Å²) >= 11 is 0. The predicted octanol–water partition coefficient (Wildman–Crippen LogP) is 5.40. The molecule has 1 unspecified atom stereocenters. The fourth-order valence-corrected chi connectivity index (χ4v) is 7.20. The molecule has 0 saturated heterocycles. The van der Waals surface area contributed by atoms with Crippen molar-refractivity contribution in [2.45, 2.75) is 72.1 Å². The fourth-order valence-electron chi connectivity index (χ4n) is 7.20. The average Bonchev–Trinajstić information content (AvgIpc) is 2.82. The second-order valence-corrected chi connectivity index (χ2v) is 9.41. The zero-order valence-electron chi connectivity index (χ0n) is 14.6. The Bertz CT molecular complexity index is 506. The number of carbonyl (C=O) groups is 1. The molecular formula is C21H32O. The number of fused-ring (bicyclic) bond motifs is 5. The third kappa shape index (κ3) is 1.86. The number of hydrogen-bond donors (Lipinski definition) is 0. The van der Waals surface area contributed by atoms with Crippen LogP contribution in [0.4, 0.5) is 0 Å². The van der Waals surface area contributed by atoms with Gasteiger partial charge in [0.05, 0.1) is 0 Å². The molecule has 3 fully saturated rings. The molecule has 4 aliphatic carbocycles. The van der Waals surface area contributed by atoms with Gasteiger partial charge in [0.15, 0.2) is 0 Å². The van der Waals surface area contributed by atoms with Crippen molar-refractivity contribution in [3.8, 4) is 0 Å². The van der Waals surface area contributed by atoms with Gasteiger partial charge in [-0.25, -0.2) is 0 Å². The summed E-state index contributed by atoms with van der Waals surface area (Å²) in [6.07, 6.45) is 14.4. The normalized spacial score (nSPS) is 54.0. The summed E-state index contributed by atoms with van der Waals surface area (Å²) in [5.74, 6) is 3.96. The summed E-state index contributed by atoms with van der Waals surface area (Å²) < 4.78 is 0. The Kier molecular flexibility index (Phi) is 3.37. The minimum absolute atomic E-state index is 0.360. The smallest absolute Gasteiger partial charge is 0.123 e. The Morgan fingerprint density at radius 3 is 2.68 bits per heavy atom. The van der Waals surface area contributed by atoms with Gasteiger partial charge in [-0.1, -0.05) is 25.5 Å². The number of allylic oxidation sites excluding steroid dienone is 2. The minimum atomic E-state index is 0.360. The second kappa shape index (κ2) is 4.95. The van der Waals surface area contributed by atoms with E-state index in [-0.39, 0.29) is 0 Å². The van der Waals surface area contributed by atoms with Crippen LogP contribution in [-0.2, 0) is 4.79 Å². The Hall–Kier alpha value is -0.590. The Morgan fingerprint density at radius 2 is 1.91 bits per heavy atom. The molecule has 0 aliphatic heterocycles. The molecule has 7 atom stereocenters. The molecule has 4 aliphatic rings. The Labute approximate surface area is 135 Å². The monoisotopic (exact) mass is 300 g/mol. The highest BCUT2D eigenvalue weighted by Gasteiger charge is 2.57. The van der Waals surface area contributed by atoms with Gasteiger partial charge < -0.3 is 4.79 Å². The molecule has 4 rings (SSSR count). The summed E-state index contributed by atoms with van der Waals surface area (Å²) in [5, 5.41) is 0. The standard InChI is InChI=1S/C21H32O/c1-14-4-7-18-17-6-5-16-12-15(13-22)8-10-21(16,3)19(17)9-11-20(14,18)2/h4,13,15-19H,5-12H2,1-3H3/t15?,16-,17-,18-,19-,20+,21-/m0/s1. The van der Waals surface area contributed by atoms with Crippen molar-refractivity contribution in [3.63, 3.8) is 0 Å². The van der Waals surface area contributed by atoms with Gasteiger partial charge in [-0.15, -0.1) is 0 Å². The number of rotatable bonds is 1. The first-order valence-electron chi connectivity index (χ1n) is 9.61. The van der Waals surface area contributed by atoms with Crippen molar-refractivity contribution < 1.29 is 4.79 Å². The van der Waals surface area contributed by atoms with Crippen LogP contribution in [0.5, 0.6) is 0 Å². The van der Waals surface area contributed by atoms with Crippen LogP contribution in [-0.4, -0.2) is 6.29 Å². The van der Waals surface area contributed by atoms with Gasteiger partial charge >= 0.3 is 0 Å². The lowest BCUT2D eigenvalue weighted by atomic mass is 9.44. The van der Waals surface area contributed by atoms with E-state index in [0.717, 1.165) is 30.1 Å². The predicted molar refractivity (Wildman–Crippen MR) is 90.4 cm³/mol. The molecule has 0 aromatic rings. The molecule has 0 aromatic carbocycles. The van der Waals surface area contributed by atoms with Gasteiger partial charge in [0.1, 0.15) is 6.29 Å². The topological polar surface area (TPSA) is 17.1 Å². The molecule has 0 radical (unpaired) electrons. The fraction of sp³-hybridized carbons (Fsp3) is 0.857. The first-order chi connectivity index (χ1) is 10.5. The largest absolute Gasteiger partial charge is 0.303 e. The van der Waals surface area contributed by atoms with Gasteiger partial charge in [0.25, 0.3) is 0 Å². The van der Waals surface area contributed by atoms with Crippen molar-refractivity contribution in [2.24, 2.45) is 40.4 Å². The molecular weight excluding hydrogens is 268 g/mol. The molecule has 0 heterocycles.